The van der Waals surface area contributed by atoms with E-state index in [0.717, 1.165) is 0 Å². The highest BCUT2D eigenvalue weighted by molar-refractivity contribution is 7.74. The highest BCUT2D eigenvalue weighted by atomic mass is 32.2. The van der Waals surface area contributed by atoms with Gasteiger partial charge in [-0.2, -0.15) is 4.21 Å². The Balaban J connectivity index is 2.73. The Morgan fingerprint density at radius 3 is 2.83 bits per heavy atom. The molecule has 1 rings (SSSR count). The smallest absolute Gasteiger partial charge is 0.338 e. The summed E-state index contributed by atoms with van der Waals surface area (Å²) < 4.78 is 22.2. The van der Waals surface area contributed by atoms with Crippen LogP contribution in [0, 0.1) is 0 Å². The molecule has 0 aliphatic carbocycles. The number of hydrogen-bond acceptors (Lipinski definition) is 4. The van der Waals surface area contributed by atoms with Crippen molar-refractivity contribution in [2.45, 2.75) is 0 Å². The number of carbonyl (C=O) groups excluding carboxylic acids is 1. The van der Waals surface area contributed by atoms with Crippen LogP contribution in [0.4, 0.5) is 0 Å². The molecule has 1 unspecified atom stereocenters. The monoisotopic (exact) mass is 187 g/mol. The van der Waals surface area contributed by atoms with E-state index < -0.39 is 17.3 Å². The van der Waals surface area contributed by atoms with E-state index in [2.05, 4.69) is 9.17 Å². The first-order valence-electron chi connectivity index (χ1n) is 2.94. The standard InChI is InChI=1S/C6H5NO4S/c8-6(11-12(9)10)5-3-1-2-4-7-5/h1-4H,(H,9,10). The van der Waals surface area contributed by atoms with Gasteiger partial charge in [0.2, 0.25) is 0 Å². The predicted octanol–water partition coefficient (Wildman–Crippen LogP) is 0.375. The van der Waals surface area contributed by atoms with E-state index in [1.807, 2.05) is 0 Å². The molecule has 1 aromatic rings. The van der Waals surface area contributed by atoms with Crippen molar-refractivity contribution in [2.24, 2.45) is 0 Å². The molecule has 0 saturated carbocycles. The fourth-order valence-electron chi connectivity index (χ4n) is 0.591. The summed E-state index contributed by atoms with van der Waals surface area (Å²) in [5.41, 5.74) is -0.0000926. The molecule has 0 saturated heterocycles. The molecule has 0 radical (unpaired) electrons. The molecule has 6 heteroatoms. The van der Waals surface area contributed by atoms with Crippen molar-refractivity contribution in [1.29, 1.82) is 0 Å². The maximum Gasteiger partial charge on any atom is 0.372 e. The van der Waals surface area contributed by atoms with Crippen molar-refractivity contribution < 1.29 is 17.7 Å². The summed E-state index contributed by atoms with van der Waals surface area (Å²) in [6.45, 7) is 0. The van der Waals surface area contributed by atoms with Crippen LogP contribution in [0.3, 0.4) is 0 Å². The number of pyridine rings is 1. The van der Waals surface area contributed by atoms with Crippen molar-refractivity contribution in [3.63, 3.8) is 0 Å². The number of aromatic nitrogens is 1. The molecule has 0 fully saturated rings. The zero-order valence-electron chi connectivity index (χ0n) is 5.84. The Hall–Kier alpha value is -1.27. The zero-order chi connectivity index (χ0) is 8.97. The van der Waals surface area contributed by atoms with Crippen molar-refractivity contribution in [2.75, 3.05) is 0 Å². The van der Waals surface area contributed by atoms with Gasteiger partial charge in [-0.05, 0) is 12.1 Å². The summed E-state index contributed by atoms with van der Waals surface area (Å²) in [4.78, 5) is 14.4. The summed E-state index contributed by atoms with van der Waals surface area (Å²) in [7, 11) is 0. The second kappa shape index (κ2) is 3.93. The molecule has 0 bridgehead atoms. The fraction of sp³-hybridized carbons (Fsp3) is 0. The molecule has 1 heterocycles. The third-order valence-electron chi connectivity index (χ3n) is 1.02. The van der Waals surface area contributed by atoms with Gasteiger partial charge in [0.1, 0.15) is 5.69 Å². The van der Waals surface area contributed by atoms with Crippen molar-refractivity contribution in [3.05, 3.63) is 30.1 Å². The molecular formula is C6H5NO4S. The molecule has 64 valence electrons. The summed E-state index contributed by atoms with van der Waals surface area (Å²) in [5, 5.41) is 0. The molecule has 0 amide bonds. The molecule has 1 N–H and O–H groups in total. The lowest BCUT2D eigenvalue weighted by Crippen LogP contribution is -2.08. The Morgan fingerprint density at radius 1 is 1.58 bits per heavy atom. The highest BCUT2D eigenvalue weighted by Gasteiger charge is 2.10. The van der Waals surface area contributed by atoms with Gasteiger partial charge in [-0.15, -0.1) is 0 Å². The zero-order valence-corrected chi connectivity index (χ0v) is 6.65. The molecule has 12 heavy (non-hydrogen) atoms. The summed E-state index contributed by atoms with van der Waals surface area (Å²) in [6.07, 6.45) is 1.39. The fourth-order valence-corrected chi connectivity index (χ4v) is 0.806. The average molecular weight is 187 g/mol. The Morgan fingerprint density at radius 2 is 2.33 bits per heavy atom. The van der Waals surface area contributed by atoms with Crippen LogP contribution < -0.4 is 0 Å². The lowest BCUT2D eigenvalue weighted by atomic mass is 10.4. The normalized spacial score (nSPS) is 12.1. The van der Waals surface area contributed by atoms with Crippen LogP contribution in [0.15, 0.2) is 24.4 Å². The van der Waals surface area contributed by atoms with E-state index in [1.165, 1.54) is 12.3 Å². The molecule has 1 aromatic heterocycles. The number of nitrogens with zero attached hydrogens (tertiary/aromatic N) is 1. The Kier molecular flexibility index (Phi) is 2.89. The van der Waals surface area contributed by atoms with Crippen LogP contribution in [0.25, 0.3) is 0 Å². The van der Waals surface area contributed by atoms with Gasteiger partial charge in [-0.3, -0.25) is 4.55 Å². The number of carbonyl (C=O) groups is 1. The van der Waals surface area contributed by atoms with Gasteiger partial charge in [0.15, 0.2) is 0 Å². The van der Waals surface area contributed by atoms with Crippen molar-refractivity contribution in [1.82, 2.24) is 4.98 Å². The lowest BCUT2D eigenvalue weighted by Gasteiger charge is -1.95. The third kappa shape index (κ3) is 2.40. The topological polar surface area (TPSA) is 76.5 Å². The van der Waals surface area contributed by atoms with Crippen LogP contribution in [0.5, 0.6) is 0 Å². The van der Waals surface area contributed by atoms with Crippen molar-refractivity contribution in [3.8, 4) is 0 Å². The minimum atomic E-state index is -2.59. The van der Waals surface area contributed by atoms with Gasteiger partial charge < -0.3 is 4.18 Å². The van der Waals surface area contributed by atoms with E-state index >= 15 is 0 Å². The minimum Gasteiger partial charge on any atom is -0.338 e. The van der Waals surface area contributed by atoms with E-state index in [-0.39, 0.29) is 5.69 Å². The second-order valence-corrected chi connectivity index (χ2v) is 2.40. The quantitative estimate of drug-likeness (QED) is 0.677. The van der Waals surface area contributed by atoms with E-state index in [9.17, 15) is 9.00 Å². The average Bonchev–Trinajstić information content (AvgIpc) is 2.05. The largest absolute Gasteiger partial charge is 0.372 e. The maximum atomic E-state index is 10.8. The summed E-state index contributed by atoms with van der Waals surface area (Å²) in [6, 6.07) is 4.58. The first kappa shape index (κ1) is 8.82. The molecular weight excluding hydrogens is 182 g/mol. The number of hydrogen-bond donors (Lipinski definition) is 1. The van der Waals surface area contributed by atoms with E-state index in [1.54, 1.807) is 12.1 Å². The van der Waals surface area contributed by atoms with Gasteiger partial charge in [0.05, 0.1) is 0 Å². The van der Waals surface area contributed by atoms with Gasteiger partial charge >= 0.3 is 17.3 Å². The Bertz CT molecular complexity index is 300. The third-order valence-corrected chi connectivity index (χ3v) is 1.31. The van der Waals surface area contributed by atoms with Gasteiger partial charge in [0.25, 0.3) is 0 Å². The molecule has 0 aliphatic rings. The first-order chi connectivity index (χ1) is 5.70. The number of rotatable bonds is 2. The highest BCUT2D eigenvalue weighted by Crippen LogP contribution is 1.97. The lowest BCUT2D eigenvalue weighted by molar-refractivity contribution is 0.0737. The van der Waals surface area contributed by atoms with Crippen LogP contribution in [0.2, 0.25) is 0 Å². The first-order valence-corrected chi connectivity index (χ1v) is 3.98. The molecule has 0 aromatic carbocycles. The predicted molar refractivity (Wildman–Crippen MR) is 40.4 cm³/mol. The van der Waals surface area contributed by atoms with Gasteiger partial charge in [-0.25, -0.2) is 9.78 Å². The minimum absolute atomic E-state index is 0.0000926. The molecule has 0 spiro atoms. The van der Waals surface area contributed by atoms with Crippen LogP contribution in [-0.4, -0.2) is 19.7 Å². The molecule has 5 nitrogen and oxygen atoms in total. The summed E-state index contributed by atoms with van der Waals surface area (Å²) >= 11 is -2.59. The van der Waals surface area contributed by atoms with Gasteiger partial charge in [-0.1, -0.05) is 6.07 Å². The van der Waals surface area contributed by atoms with Gasteiger partial charge in [0, 0.05) is 6.20 Å². The van der Waals surface area contributed by atoms with Crippen LogP contribution in [0.1, 0.15) is 10.5 Å². The Labute approximate surface area is 70.9 Å². The molecule has 0 aliphatic heterocycles. The summed E-state index contributed by atoms with van der Waals surface area (Å²) in [5.74, 6) is -0.920. The van der Waals surface area contributed by atoms with E-state index in [4.69, 9.17) is 4.55 Å². The van der Waals surface area contributed by atoms with Crippen LogP contribution >= 0.6 is 0 Å². The van der Waals surface area contributed by atoms with E-state index in [0.29, 0.717) is 0 Å². The second-order valence-electron chi connectivity index (χ2n) is 1.80. The van der Waals surface area contributed by atoms with Crippen LogP contribution in [-0.2, 0) is 15.5 Å². The SMILES string of the molecule is O=C(OS(=O)O)c1ccccn1. The van der Waals surface area contributed by atoms with Crippen molar-refractivity contribution >= 4 is 17.3 Å². The maximum absolute atomic E-state index is 10.8. The molecule has 1 atom stereocenters.